The molecule has 0 unspecified atom stereocenters. The van der Waals surface area contributed by atoms with Crippen molar-refractivity contribution in [1.82, 2.24) is 14.5 Å². The lowest BCUT2D eigenvalue weighted by atomic mass is 10.2. The second-order valence-electron chi connectivity index (χ2n) is 6.25. The van der Waals surface area contributed by atoms with Crippen molar-refractivity contribution in [1.29, 1.82) is 0 Å². The van der Waals surface area contributed by atoms with Crippen molar-refractivity contribution in [3.63, 3.8) is 0 Å². The molecule has 1 aromatic carbocycles. The number of hydrogen-bond acceptors (Lipinski definition) is 7. The van der Waals surface area contributed by atoms with Gasteiger partial charge in [0.1, 0.15) is 5.82 Å². The second kappa shape index (κ2) is 9.10. The fourth-order valence-corrected chi connectivity index (χ4v) is 4.55. The molecular weight excluding hydrogens is 410 g/mol. The predicted octanol–water partition coefficient (Wildman–Crippen LogP) is 2.08. The van der Waals surface area contributed by atoms with Crippen molar-refractivity contribution in [3.05, 3.63) is 67.8 Å². The fraction of sp³-hybridized carbons (Fsp3) is 0.263. The molecule has 0 aliphatic heterocycles. The zero-order valence-electron chi connectivity index (χ0n) is 16.0. The van der Waals surface area contributed by atoms with Gasteiger partial charge in [0.25, 0.3) is 5.56 Å². The summed E-state index contributed by atoms with van der Waals surface area (Å²) in [6, 6.07) is 9.27. The van der Waals surface area contributed by atoms with Gasteiger partial charge in [-0.2, -0.15) is 0 Å². The molecule has 29 heavy (non-hydrogen) atoms. The van der Waals surface area contributed by atoms with Crippen molar-refractivity contribution in [2.24, 2.45) is 0 Å². The van der Waals surface area contributed by atoms with Crippen LogP contribution in [-0.4, -0.2) is 32.7 Å². The maximum absolute atomic E-state index is 12.8. The minimum Gasteiger partial charge on any atom is -0.383 e. The maximum atomic E-state index is 12.8. The minimum absolute atomic E-state index is 0.0102. The van der Waals surface area contributed by atoms with E-state index in [1.807, 2.05) is 42.6 Å². The van der Waals surface area contributed by atoms with Gasteiger partial charge in [0.05, 0.1) is 12.3 Å². The summed E-state index contributed by atoms with van der Waals surface area (Å²) in [5.74, 6) is -0.210. The first-order valence-electron chi connectivity index (χ1n) is 8.92. The number of aromatic amines is 1. The molecule has 0 spiro atoms. The van der Waals surface area contributed by atoms with Gasteiger partial charge in [-0.1, -0.05) is 42.1 Å². The Bertz CT molecular complexity index is 1120. The lowest BCUT2D eigenvalue weighted by Gasteiger charge is -2.23. The molecule has 0 bridgehead atoms. The number of amides is 1. The maximum Gasteiger partial charge on any atom is 0.330 e. The number of nitrogens with two attached hydrogens (primary N) is 1. The number of H-pyrrole nitrogens is 1. The van der Waals surface area contributed by atoms with E-state index in [1.54, 1.807) is 6.92 Å². The topological polar surface area (TPSA) is 114 Å². The third kappa shape index (κ3) is 4.77. The number of benzene rings is 1. The van der Waals surface area contributed by atoms with Gasteiger partial charge in [-0.15, -0.1) is 11.3 Å². The first-order valence-corrected chi connectivity index (χ1v) is 10.8. The Morgan fingerprint density at radius 1 is 1.31 bits per heavy atom. The number of rotatable bonds is 7. The van der Waals surface area contributed by atoms with E-state index in [2.05, 4.69) is 9.97 Å². The Hall–Kier alpha value is -2.85. The summed E-state index contributed by atoms with van der Waals surface area (Å²) in [4.78, 5) is 45.5. The molecule has 3 rings (SSSR count). The molecule has 8 nitrogen and oxygen atoms in total. The van der Waals surface area contributed by atoms with E-state index in [0.717, 1.165) is 15.6 Å². The molecule has 152 valence electrons. The fourth-order valence-electron chi connectivity index (χ4n) is 2.82. The third-order valence-corrected chi connectivity index (χ3v) is 6.33. The highest BCUT2D eigenvalue weighted by molar-refractivity contribution is 8.01. The van der Waals surface area contributed by atoms with E-state index in [0.29, 0.717) is 0 Å². The molecule has 3 N–H and O–H groups in total. The lowest BCUT2D eigenvalue weighted by Crippen LogP contribution is -2.41. The number of aryl methyl sites for hydroxylation is 1. The van der Waals surface area contributed by atoms with Crippen molar-refractivity contribution in [2.75, 3.05) is 22.9 Å². The Kier molecular flexibility index (Phi) is 6.55. The number of nitrogen functional groups attached to an aromatic ring is 1. The van der Waals surface area contributed by atoms with Crippen LogP contribution in [0.3, 0.4) is 0 Å². The average Bonchev–Trinajstić information content (AvgIpc) is 3.12. The predicted molar refractivity (Wildman–Crippen MR) is 117 cm³/mol. The SMILES string of the molecule is CCN(C(=O)CSc1nc(C)cs1)c1c(N)n(Cc2ccccc2)c(=O)[nH]c1=O. The lowest BCUT2D eigenvalue weighted by molar-refractivity contribution is -0.116. The quantitative estimate of drug-likeness (QED) is 0.554. The highest BCUT2D eigenvalue weighted by atomic mass is 32.2. The molecule has 10 heteroatoms. The van der Waals surface area contributed by atoms with E-state index >= 15 is 0 Å². The molecule has 0 fully saturated rings. The third-order valence-electron chi connectivity index (χ3n) is 4.20. The molecule has 0 aliphatic rings. The van der Waals surface area contributed by atoms with Crippen LogP contribution in [0.4, 0.5) is 11.5 Å². The number of aromatic nitrogens is 3. The van der Waals surface area contributed by atoms with Gasteiger partial charge < -0.3 is 10.6 Å². The highest BCUT2D eigenvalue weighted by Gasteiger charge is 2.23. The van der Waals surface area contributed by atoms with Gasteiger partial charge in [0.2, 0.25) is 5.91 Å². The zero-order valence-corrected chi connectivity index (χ0v) is 17.7. The van der Waals surface area contributed by atoms with Crippen LogP contribution in [0.1, 0.15) is 18.2 Å². The van der Waals surface area contributed by atoms with Gasteiger partial charge in [-0.25, -0.2) is 9.78 Å². The number of nitrogens with zero attached hydrogens (tertiary/aromatic N) is 3. The average molecular weight is 432 g/mol. The van der Waals surface area contributed by atoms with Crippen LogP contribution in [-0.2, 0) is 11.3 Å². The molecule has 2 heterocycles. The zero-order chi connectivity index (χ0) is 21.0. The number of carbonyl (C=O) groups is 1. The summed E-state index contributed by atoms with van der Waals surface area (Å²) in [6.45, 7) is 4.07. The second-order valence-corrected chi connectivity index (χ2v) is 8.33. The molecule has 1 amide bonds. The van der Waals surface area contributed by atoms with Crippen molar-refractivity contribution in [3.8, 4) is 0 Å². The molecule has 0 saturated heterocycles. The summed E-state index contributed by atoms with van der Waals surface area (Å²) in [5.41, 5.74) is 6.63. The largest absolute Gasteiger partial charge is 0.383 e. The molecular formula is C19H21N5O3S2. The summed E-state index contributed by atoms with van der Waals surface area (Å²) in [6.07, 6.45) is 0. The molecule has 2 aromatic heterocycles. The smallest absolute Gasteiger partial charge is 0.330 e. The van der Waals surface area contributed by atoms with E-state index in [9.17, 15) is 14.4 Å². The minimum atomic E-state index is -0.679. The number of hydrogen-bond donors (Lipinski definition) is 2. The number of thiazole rings is 1. The molecule has 0 aliphatic carbocycles. The Balaban J connectivity index is 1.90. The Morgan fingerprint density at radius 2 is 2.03 bits per heavy atom. The van der Waals surface area contributed by atoms with Crippen LogP contribution < -0.4 is 21.9 Å². The van der Waals surface area contributed by atoms with Crippen LogP contribution in [0.25, 0.3) is 0 Å². The van der Waals surface area contributed by atoms with Gasteiger partial charge >= 0.3 is 5.69 Å². The van der Waals surface area contributed by atoms with Crippen LogP contribution in [0.5, 0.6) is 0 Å². The summed E-state index contributed by atoms with van der Waals surface area (Å²) in [5, 5.41) is 1.91. The number of carbonyl (C=O) groups excluding carboxylic acids is 1. The van der Waals surface area contributed by atoms with Crippen molar-refractivity contribution < 1.29 is 4.79 Å². The Morgan fingerprint density at radius 3 is 2.66 bits per heavy atom. The molecule has 3 aromatic rings. The first kappa shape index (κ1) is 20.9. The van der Waals surface area contributed by atoms with E-state index in [-0.39, 0.29) is 36.3 Å². The van der Waals surface area contributed by atoms with Crippen LogP contribution >= 0.6 is 23.1 Å². The molecule has 0 radical (unpaired) electrons. The van der Waals surface area contributed by atoms with Gasteiger partial charge in [-0.3, -0.25) is 19.1 Å². The highest BCUT2D eigenvalue weighted by Crippen LogP contribution is 2.24. The number of anilines is 2. The van der Waals surface area contributed by atoms with Crippen LogP contribution in [0, 0.1) is 6.92 Å². The first-order chi connectivity index (χ1) is 13.9. The normalized spacial score (nSPS) is 10.8. The van der Waals surface area contributed by atoms with E-state index in [4.69, 9.17) is 5.73 Å². The summed E-state index contributed by atoms with van der Waals surface area (Å²) >= 11 is 2.77. The molecule has 0 atom stereocenters. The Labute approximate surface area is 175 Å². The standard InChI is InChI=1S/C19H21N5O3S2/c1-3-23(14(25)11-29-19-21-12(2)10-28-19)15-16(20)24(18(27)22-17(15)26)9-13-7-5-4-6-8-13/h4-8,10H,3,9,11,20H2,1-2H3,(H,22,26,27). The van der Waals surface area contributed by atoms with E-state index in [1.165, 1.54) is 32.6 Å². The number of thioether (sulfide) groups is 1. The van der Waals surface area contributed by atoms with Crippen molar-refractivity contribution in [2.45, 2.75) is 24.7 Å². The van der Waals surface area contributed by atoms with E-state index < -0.39 is 11.2 Å². The van der Waals surface area contributed by atoms with Crippen molar-refractivity contribution >= 4 is 40.5 Å². The number of nitrogens with one attached hydrogen (secondary N) is 1. The molecule has 0 saturated carbocycles. The van der Waals surface area contributed by atoms with Gasteiger partial charge in [0.15, 0.2) is 10.0 Å². The monoisotopic (exact) mass is 431 g/mol. The van der Waals surface area contributed by atoms with Gasteiger partial charge in [-0.05, 0) is 19.4 Å². The summed E-state index contributed by atoms with van der Waals surface area (Å²) < 4.78 is 2.04. The van der Waals surface area contributed by atoms with Gasteiger partial charge in [0, 0.05) is 17.6 Å². The van der Waals surface area contributed by atoms with Crippen LogP contribution in [0.2, 0.25) is 0 Å². The van der Waals surface area contributed by atoms with Crippen LogP contribution in [0.15, 0.2) is 49.6 Å². The summed E-state index contributed by atoms with van der Waals surface area (Å²) in [7, 11) is 0.